The number of fused-ring (bicyclic) bond motifs is 2. The summed E-state index contributed by atoms with van der Waals surface area (Å²) in [4.78, 5) is 10.2. The molecule has 4 nitrogen and oxygen atoms in total. The van der Waals surface area contributed by atoms with E-state index in [4.69, 9.17) is 9.84 Å². The van der Waals surface area contributed by atoms with Gasteiger partial charge in [-0.1, -0.05) is 0 Å². The average Bonchev–Trinajstić information content (AvgIpc) is 2.73. The van der Waals surface area contributed by atoms with Gasteiger partial charge in [0.1, 0.15) is 0 Å². The van der Waals surface area contributed by atoms with Crippen molar-refractivity contribution in [3.05, 3.63) is 12.3 Å². The maximum absolute atomic E-state index is 10.2. The first-order valence-corrected chi connectivity index (χ1v) is 5.04. The molecule has 78 valence electrons. The summed E-state index contributed by atoms with van der Waals surface area (Å²) in [5.41, 5.74) is 0. The highest BCUT2D eigenvalue weighted by Crippen LogP contribution is 2.38. The summed E-state index contributed by atoms with van der Waals surface area (Å²) in [6.07, 6.45) is 6.98. The van der Waals surface area contributed by atoms with Gasteiger partial charge in [0.2, 0.25) is 0 Å². The van der Waals surface area contributed by atoms with Crippen molar-refractivity contribution in [2.75, 3.05) is 6.54 Å². The molecule has 0 aromatic carbocycles. The van der Waals surface area contributed by atoms with E-state index < -0.39 is 5.97 Å². The van der Waals surface area contributed by atoms with Crippen molar-refractivity contribution in [1.29, 1.82) is 0 Å². The molecule has 0 aromatic heterocycles. The van der Waals surface area contributed by atoms with Gasteiger partial charge in [0.15, 0.2) is 0 Å². The normalized spacial score (nSPS) is 35.3. The Labute approximate surface area is 82.9 Å². The molecule has 2 fully saturated rings. The van der Waals surface area contributed by atoms with Gasteiger partial charge >= 0.3 is 5.97 Å². The number of carbonyl (C=O) groups is 1. The van der Waals surface area contributed by atoms with E-state index in [0.29, 0.717) is 18.1 Å². The van der Waals surface area contributed by atoms with Gasteiger partial charge in [0.05, 0.1) is 12.2 Å². The van der Waals surface area contributed by atoms with Crippen LogP contribution < -0.4 is 5.32 Å². The zero-order valence-corrected chi connectivity index (χ0v) is 7.98. The molecule has 0 aliphatic carbocycles. The Morgan fingerprint density at radius 2 is 2.43 bits per heavy atom. The molecule has 2 heterocycles. The summed E-state index contributed by atoms with van der Waals surface area (Å²) in [5.74, 6) is -0.353. The molecule has 3 unspecified atom stereocenters. The second kappa shape index (κ2) is 4.00. The van der Waals surface area contributed by atoms with Crippen LogP contribution in [-0.2, 0) is 9.53 Å². The number of hydrogen-bond acceptors (Lipinski definition) is 3. The minimum atomic E-state index is -0.915. The molecule has 0 radical (unpaired) electrons. The number of carboxylic acid groups (broad SMARTS) is 1. The van der Waals surface area contributed by atoms with Gasteiger partial charge in [0.25, 0.3) is 0 Å². The minimum Gasteiger partial charge on any atom is -0.478 e. The number of ether oxygens (including phenoxy) is 1. The van der Waals surface area contributed by atoms with Crippen LogP contribution in [0.4, 0.5) is 0 Å². The predicted molar refractivity (Wildman–Crippen MR) is 50.8 cm³/mol. The second-order valence-electron chi connectivity index (χ2n) is 3.95. The highest BCUT2D eigenvalue weighted by Gasteiger charge is 2.40. The monoisotopic (exact) mass is 197 g/mol. The molecule has 0 spiro atoms. The summed E-state index contributed by atoms with van der Waals surface area (Å²) in [6.45, 7) is 0.824. The van der Waals surface area contributed by atoms with Gasteiger partial charge in [-0.15, -0.1) is 0 Å². The number of rotatable bonds is 4. The van der Waals surface area contributed by atoms with Gasteiger partial charge in [0, 0.05) is 24.7 Å². The van der Waals surface area contributed by atoms with E-state index in [2.05, 4.69) is 5.32 Å². The summed E-state index contributed by atoms with van der Waals surface area (Å²) in [5, 5.41) is 11.4. The fourth-order valence-electron chi connectivity index (χ4n) is 2.31. The summed E-state index contributed by atoms with van der Waals surface area (Å²) in [7, 11) is 0. The Hall–Kier alpha value is -1.03. The molecule has 2 rings (SSSR count). The zero-order valence-electron chi connectivity index (χ0n) is 7.98. The largest absolute Gasteiger partial charge is 0.478 e. The van der Waals surface area contributed by atoms with E-state index >= 15 is 0 Å². The van der Waals surface area contributed by atoms with Crippen molar-refractivity contribution < 1.29 is 14.6 Å². The van der Waals surface area contributed by atoms with Crippen LogP contribution in [0, 0.1) is 5.92 Å². The van der Waals surface area contributed by atoms with E-state index in [1.807, 2.05) is 0 Å². The van der Waals surface area contributed by atoms with E-state index in [1.54, 1.807) is 0 Å². The standard InChI is InChI=1S/C10H15NO3/c12-10(13)3-4-11-6-7-5-8-1-2-9(7)14-8/h3-4,7-9,11H,1-2,5-6H2,(H,12,13)/b4-3+. The van der Waals surface area contributed by atoms with Crippen molar-refractivity contribution in [3.8, 4) is 0 Å². The van der Waals surface area contributed by atoms with Gasteiger partial charge in [-0.2, -0.15) is 0 Å². The summed E-state index contributed by atoms with van der Waals surface area (Å²) >= 11 is 0. The van der Waals surface area contributed by atoms with E-state index in [0.717, 1.165) is 19.0 Å². The first-order chi connectivity index (χ1) is 6.75. The molecule has 2 bridgehead atoms. The molecule has 14 heavy (non-hydrogen) atoms. The second-order valence-corrected chi connectivity index (χ2v) is 3.95. The van der Waals surface area contributed by atoms with Crippen molar-refractivity contribution in [2.24, 2.45) is 5.92 Å². The van der Waals surface area contributed by atoms with Gasteiger partial charge in [-0.05, 0) is 19.3 Å². The van der Waals surface area contributed by atoms with Crippen LogP contribution in [0.2, 0.25) is 0 Å². The van der Waals surface area contributed by atoms with Crippen molar-refractivity contribution in [1.82, 2.24) is 5.32 Å². The quantitative estimate of drug-likeness (QED) is 0.653. The van der Waals surface area contributed by atoms with Gasteiger partial charge < -0.3 is 15.2 Å². The third-order valence-electron chi connectivity index (χ3n) is 2.96. The average molecular weight is 197 g/mol. The fourth-order valence-corrected chi connectivity index (χ4v) is 2.31. The van der Waals surface area contributed by atoms with E-state index in [1.165, 1.54) is 19.0 Å². The topological polar surface area (TPSA) is 58.6 Å². The zero-order chi connectivity index (χ0) is 9.97. The third-order valence-corrected chi connectivity index (χ3v) is 2.96. The van der Waals surface area contributed by atoms with Crippen LogP contribution in [0.15, 0.2) is 12.3 Å². The fraction of sp³-hybridized carbons (Fsp3) is 0.700. The number of nitrogens with one attached hydrogen (secondary N) is 1. The Balaban J connectivity index is 1.69. The number of carboxylic acids is 1. The first-order valence-electron chi connectivity index (χ1n) is 5.04. The predicted octanol–water partition coefficient (Wildman–Crippen LogP) is 0.742. The molecular formula is C10H15NO3. The van der Waals surface area contributed by atoms with Crippen LogP contribution in [-0.4, -0.2) is 29.8 Å². The Morgan fingerprint density at radius 1 is 1.57 bits per heavy atom. The lowest BCUT2D eigenvalue weighted by Crippen LogP contribution is -2.26. The van der Waals surface area contributed by atoms with E-state index in [9.17, 15) is 4.79 Å². The van der Waals surface area contributed by atoms with E-state index in [-0.39, 0.29) is 0 Å². The number of aliphatic carboxylic acids is 1. The van der Waals surface area contributed by atoms with Crippen LogP contribution in [0.1, 0.15) is 19.3 Å². The molecule has 2 N–H and O–H groups in total. The SMILES string of the molecule is O=C(O)/C=C/NCC1CC2CCC1O2. The van der Waals surface area contributed by atoms with Crippen LogP contribution in [0.25, 0.3) is 0 Å². The maximum Gasteiger partial charge on any atom is 0.329 e. The molecule has 2 aliphatic rings. The maximum atomic E-state index is 10.2. The summed E-state index contributed by atoms with van der Waals surface area (Å²) < 4.78 is 5.68. The van der Waals surface area contributed by atoms with Crippen molar-refractivity contribution in [3.63, 3.8) is 0 Å². The van der Waals surface area contributed by atoms with Gasteiger partial charge in [-0.3, -0.25) is 0 Å². The van der Waals surface area contributed by atoms with Crippen molar-refractivity contribution >= 4 is 5.97 Å². The van der Waals surface area contributed by atoms with Crippen LogP contribution in [0.3, 0.4) is 0 Å². The molecular weight excluding hydrogens is 182 g/mol. The molecule has 2 aliphatic heterocycles. The number of hydrogen-bond donors (Lipinski definition) is 2. The molecule has 3 atom stereocenters. The van der Waals surface area contributed by atoms with Crippen LogP contribution in [0.5, 0.6) is 0 Å². The molecule has 2 saturated heterocycles. The lowest BCUT2D eigenvalue weighted by Gasteiger charge is -2.17. The van der Waals surface area contributed by atoms with Crippen molar-refractivity contribution in [2.45, 2.75) is 31.5 Å². The summed E-state index contributed by atoms with van der Waals surface area (Å²) in [6, 6.07) is 0. The Bertz CT molecular complexity index is 252. The van der Waals surface area contributed by atoms with Crippen LogP contribution >= 0.6 is 0 Å². The lowest BCUT2D eigenvalue weighted by atomic mass is 9.89. The Morgan fingerprint density at radius 3 is 3.00 bits per heavy atom. The minimum absolute atomic E-state index is 0.408. The molecule has 0 saturated carbocycles. The first kappa shape index (κ1) is 9.52. The molecule has 4 heteroatoms. The van der Waals surface area contributed by atoms with Gasteiger partial charge in [-0.25, -0.2) is 4.79 Å². The smallest absolute Gasteiger partial charge is 0.329 e. The Kier molecular flexibility index (Phi) is 2.72. The highest BCUT2D eigenvalue weighted by molar-refractivity contribution is 5.79. The molecule has 0 aromatic rings. The highest BCUT2D eigenvalue weighted by atomic mass is 16.5. The third kappa shape index (κ3) is 2.07. The molecule has 0 amide bonds. The lowest BCUT2D eigenvalue weighted by molar-refractivity contribution is -0.131.